The molecule has 3 amide bonds. The third-order valence-corrected chi connectivity index (χ3v) is 6.95. The molecule has 1 heterocycles. The molecule has 0 fully saturated rings. The first-order valence-electron chi connectivity index (χ1n) is 11.9. The molecule has 3 rings (SSSR count). The number of ether oxygens (including phenoxy) is 1. The lowest BCUT2D eigenvalue weighted by Crippen LogP contribution is -2.44. The van der Waals surface area contributed by atoms with Gasteiger partial charge < -0.3 is 21.5 Å². The van der Waals surface area contributed by atoms with Crippen LogP contribution in [0.1, 0.15) is 63.2 Å². The van der Waals surface area contributed by atoms with Crippen LogP contribution in [0.5, 0.6) is 5.75 Å². The van der Waals surface area contributed by atoms with Crippen molar-refractivity contribution in [3.05, 3.63) is 69.7 Å². The zero-order valence-electron chi connectivity index (χ0n) is 21.7. The van der Waals surface area contributed by atoms with E-state index in [0.717, 1.165) is 29.1 Å². The van der Waals surface area contributed by atoms with E-state index in [9.17, 15) is 14.4 Å². The van der Waals surface area contributed by atoms with Crippen molar-refractivity contribution < 1.29 is 19.1 Å². The van der Waals surface area contributed by atoms with Gasteiger partial charge in [-0.25, -0.2) is 0 Å². The standard InChI is InChI=1S/C27H33N5O4S/c1-15(2)12-13-30-26(34)23(18-7-10-20(36-5)11-8-18)32(19-9-6-16(3)17(4)14-19)27(35)24-21(28)22(25(29)33)31-37-24/h6-11,14-15,23H,12-13,28H2,1-5H3,(H2,29,33)(H,30,34)/t23-/m0/s1. The van der Waals surface area contributed by atoms with Crippen molar-refractivity contribution in [3.8, 4) is 5.75 Å². The Morgan fingerprint density at radius 3 is 2.30 bits per heavy atom. The highest BCUT2D eigenvalue weighted by Gasteiger charge is 2.36. The van der Waals surface area contributed by atoms with E-state index < -0.39 is 17.9 Å². The van der Waals surface area contributed by atoms with E-state index in [0.29, 0.717) is 29.5 Å². The number of aryl methyl sites for hydroxylation is 2. The molecule has 0 bridgehead atoms. The number of anilines is 2. The summed E-state index contributed by atoms with van der Waals surface area (Å²) in [5, 5.41) is 2.98. The summed E-state index contributed by atoms with van der Waals surface area (Å²) in [5.41, 5.74) is 14.3. The summed E-state index contributed by atoms with van der Waals surface area (Å²) in [6.45, 7) is 8.48. The fourth-order valence-corrected chi connectivity index (χ4v) is 4.52. The summed E-state index contributed by atoms with van der Waals surface area (Å²) in [5.74, 6) is -0.740. The van der Waals surface area contributed by atoms with Gasteiger partial charge in [-0.1, -0.05) is 32.0 Å². The Balaban J connectivity index is 2.19. The number of methoxy groups -OCH3 is 1. The Morgan fingerprint density at radius 2 is 1.76 bits per heavy atom. The fraction of sp³-hybridized carbons (Fsp3) is 0.333. The van der Waals surface area contributed by atoms with Crippen molar-refractivity contribution >= 4 is 40.6 Å². The normalized spacial score (nSPS) is 11.7. The Kier molecular flexibility index (Phi) is 8.88. The number of carbonyl (C=O) groups is 3. The van der Waals surface area contributed by atoms with E-state index in [1.54, 1.807) is 37.4 Å². The van der Waals surface area contributed by atoms with Gasteiger partial charge in [-0.3, -0.25) is 19.3 Å². The number of nitrogens with zero attached hydrogens (tertiary/aromatic N) is 2. The number of hydrogen-bond donors (Lipinski definition) is 3. The van der Waals surface area contributed by atoms with Crippen LogP contribution >= 0.6 is 11.5 Å². The van der Waals surface area contributed by atoms with Gasteiger partial charge in [0.25, 0.3) is 11.8 Å². The van der Waals surface area contributed by atoms with Gasteiger partial charge >= 0.3 is 0 Å². The van der Waals surface area contributed by atoms with Crippen LogP contribution in [0, 0.1) is 19.8 Å². The number of benzene rings is 2. The molecule has 0 saturated carbocycles. The second-order valence-corrected chi connectivity index (χ2v) is 10.0. The van der Waals surface area contributed by atoms with Crippen LogP contribution in [-0.4, -0.2) is 35.7 Å². The van der Waals surface area contributed by atoms with Crippen molar-refractivity contribution in [2.75, 3.05) is 24.3 Å². The van der Waals surface area contributed by atoms with Crippen LogP contribution in [0.25, 0.3) is 0 Å². The maximum absolute atomic E-state index is 14.1. The van der Waals surface area contributed by atoms with Gasteiger partial charge in [0.1, 0.15) is 16.7 Å². The number of amides is 3. The topological polar surface area (TPSA) is 141 Å². The van der Waals surface area contributed by atoms with Gasteiger partial charge in [-0.2, -0.15) is 4.37 Å². The largest absolute Gasteiger partial charge is 0.497 e. The molecule has 0 aliphatic heterocycles. The van der Waals surface area contributed by atoms with E-state index in [2.05, 4.69) is 23.5 Å². The minimum atomic E-state index is -1.04. The summed E-state index contributed by atoms with van der Waals surface area (Å²) in [7, 11) is 1.55. The zero-order valence-corrected chi connectivity index (χ0v) is 22.5. The summed E-state index contributed by atoms with van der Waals surface area (Å²) in [6.07, 6.45) is 0.780. The minimum Gasteiger partial charge on any atom is -0.497 e. The second kappa shape index (κ2) is 11.9. The van der Waals surface area contributed by atoms with Crippen LogP contribution in [-0.2, 0) is 4.79 Å². The highest BCUT2D eigenvalue weighted by molar-refractivity contribution is 7.09. The number of nitrogen functional groups attached to an aromatic ring is 1. The third-order valence-electron chi connectivity index (χ3n) is 6.10. The molecule has 196 valence electrons. The summed E-state index contributed by atoms with van der Waals surface area (Å²) in [6, 6.07) is 11.4. The van der Waals surface area contributed by atoms with Crippen LogP contribution in [0.3, 0.4) is 0 Å². The number of nitrogens with two attached hydrogens (primary N) is 2. The van der Waals surface area contributed by atoms with Gasteiger partial charge in [-0.05, 0) is 78.7 Å². The maximum Gasteiger partial charge on any atom is 0.273 e. The van der Waals surface area contributed by atoms with E-state index in [4.69, 9.17) is 16.2 Å². The van der Waals surface area contributed by atoms with E-state index in [1.165, 1.54) is 4.90 Å². The lowest BCUT2D eigenvalue weighted by molar-refractivity contribution is -0.122. The lowest BCUT2D eigenvalue weighted by atomic mass is 10.0. The average molecular weight is 524 g/mol. The molecule has 2 aromatic carbocycles. The number of hydrogen-bond acceptors (Lipinski definition) is 7. The Morgan fingerprint density at radius 1 is 1.08 bits per heavy atom. The number of rotatable bonds is 10. The molecule has 1 aromatic heterocycles. The molecule has 9 nitrogen and oxygen atoms in total. The van der Waals surface area contributed by atoms with Crippen LogP contribution in [0.15, 0.2) is 42.5 Å². The summed E-state index contributed by atoms with van der Waals surface area (Å²) in [4.78, 5) is 41.0. The molecule has 0 aliphatic carbocycles. The smallest absolute Gasteiger partial charge is 0.273 e. The molecule has 0 unspecified atom stereocenters. The predicted octanol–water partition coefficient (Wildman–Crippen LogP) is 4.00. The Hall–Kier alpha value is -3.92. The molecule has 37 heavy (non-hydrogen) atoms. The van der Waals surface area contributed by atoms with Gasteiger partial charge in [0.2, 0.25) is 5.91 Å². The average Bonchev–Trinajstić information content (AvgIpc) is 3.25. The van der Waals surface area contributed by atoms with Gasteiger partial charge in [0.15, 0.2) is 5.69 Å². The monoisotopic (exact) mass is 523 g/mol. The quantitative estimate of drug-likeness (QED) is 0.367. The zero-order chi connectivity index (χ0) is 27.3. The molecule has 0 aliphatic rings. The first-order valence-corrected chi connectivity index (χ1v) is 12.7. The number of primary amides is 1. The fourth-order valence-electron chi connectivity index (χ4n) is 3.78. The predicted molar refractivity (Wildman–Crippen MR) is 146 cm³/mol. The number of carbonyl (C=O) groups excluding carboxylic acids is 3. The van der Waals surface area contributed by atoms with Crippen molar-refractivity contribution in [2.45, 2.75) is 40.2 Å². The first-order chi connectivity index (χ1) is 17.5. The summed E-state index contributed by atoms with van der Waals surface area (Å²) < 4.78 is 9.27. The number of aromatic nitrogens is 1. The molecular weight excluding hydrogens is 490 g/mol. The maximum atomic E-state index is 14.1. The highest BCUT2D eigenvalue weighted by atomic mass is 32.1. The van der Waals surface area contributed by atoms with E-state index in [-0.39, 0.29) is 22.2 Å². The van der Waals surface area contributed by atoms with Crippen LogP contribution in [0.2, 0.25) is 0 Å². The van der Waals surface area contributed by atoms with Crippen molar-refractivity contribution in [1.29, 1.82) is 0 Å². The lowest BCUT2D eigenvalue weighted by Gasteiger charge is -2.32. The minimum absolute atomic E-state index is 0.0283. The van der Waals surface area contributed by atoms with Crippen molar-refractivity contribution in [3.63, 3.8) is 0 Å². The van der Waals surface area contributed by atoms with E-state index >= 15 is 0 Å². The molecule has 1 atom stereocenters. The van der Waals surface area contributed by atoms with E-state index in [1.807, 2.05) is 26.0 Å². The van der Waals surface area contributed by atoms with Gasteiger partial charge in [0, 0.05) is 12.2 Å². The van der Waals surface area contributed by atoms with Gasteiger partial charge in [0.05, 0.1) is 12.8 Å². The molecule has 3 aromatic rings. The van der Waals surface area contributed by atoms with Gasteiger partial charge in [-0.15, -0.1) is 0 Å². The first kappa shape index (κ1) is 27.7. The molecule has 0 saturated heterocycles. The third kappa shape index (κ3) is 6.26. The second-order valence-electron chi connectivity index (χ2n) is 9.23. The molecule has 5 N–H and O–H groups in total. The summed E-state index contributed by atoms with van der Waals surface area (Å²) >= 11 is 0.776. The number of nitrogens with one attached hydrogen (secondary N) is 1. The molecular formula is C27H33N5O4S. The highest BCUT2D eigenvalue weighted by Crippen LogP contribution is 2.34. The molecule has 0 spiro atoms. The molecule has 0 radical (unpaired) electrons. The van der Waals surface area contributed by atoms with Crippen molar-refractivity contribution in [2.24, 2.45) is 11.7 Å². The Labute approximate surface area is 221 Å². The molecule has 10 heteroatoms. The SMILES string of the molecule is COc1ccc([C@@H](C(=O)NCCC(C)C)N(C(=O)c2snc(C(N)=O)c2N)c2ccc(C)c(C)c2)cc1. The van der Waals surface area contributed by atoms with Crippen LogP contribution in [0.4, 0.5) is 11.4 Å². The Bertz CT molecular complexity index is 1290. The van der Waals surface area contributed by atoms with Crippen molar-refractivity contribution in [1.82, 2.24) is 9.69 Å². The van der Waals surface area contributed by atoms with Crippen LogP contribution < -0.4 is 26.4 Å².